The van der Waals surface area contributed by atoms with Gasteiger partial charge in [0.25, 0.3) is 0 Å². The van der Waals surface area contributed by atoms with Crippen LogP contribution in [0.2, 0.25) is 0 Å². The average molecular weight is 466 g/mol. The first-order valence-corrected chi connectivity index (χ1v) is 12.7. The quantitative estimate of drug-likeness (QED) is 0.266. The monoisotopic (exact) mass is 465 g/mol. The smallest absolute Gasteiger partial charge is 0.303 e. The van der Waals surface area contributed by atoms with Crippen LogP contribution in [0.1, 0.15) is 70.6 Å². The van der Waals surface area contributed by atoms with Gasteiger partial charge in [0.05, 0.1) is 11.3 Å². The van der Waals surface area contributed by atoms with Gasteiger partial charge in [0.1, 0.15) is 12.5 Å². The van der Waals surface area contributed by atoms with Gasteiger partial charge in [-0.05, 0) is 87.4 Å². The van der Waals surface area contributed by atoms with Gasteiger partial charge in [0.2, 0.25) is 0 Å². The normalized spacial score (nSPS) is 44.7. The van der Waals surface area contributed by atoms with E-state index in [0.29, 0.717) is 49.0 Å². The van der Waals surface area contributed by atoms with E-state index in [1.54, 1.807) is 0 Å². The van der Waals surface area contributed by atoms with Gasteiger partial charge in [0.15, 0.2) is 0 Å². The Balaban J connectivity index is 1.38. The predicted molar refractivity (Wildman–Crippen MR) is 114 cm³/mol. The second kappa shape index (κ2) is 9.87. The second-order valence-corrected chi connectivity index (χ2v) is 11.4. The van der Waals surface area contributed by atoms with Crippen molar-refractivity contribution < 1.29 is 22.4 Å². The maximum atomic E-state index is 13.8. The molecule has 4 rings (SSSR count). The molecule has 178 valence electrons. The molecule has 31 heavy (non-hydrogen) atoms. The third-order valence-electron chi connectivity index (χ3n) is 8.98. The molecule has 0 amide bonds. The van der Waals surface area contributed by atoms with E-state index in [2.05, 4.69) is 4.90 Å². The molecule has 0 spiro atoms. The molecule has 9 atom stereocenters. The van der Waals surface area contributed by atoms with Crippen LogP contribution in [0.5, 0.6) is 0 Å². The minimum absolute atomic E-state index is 0.102. The predicted octanol–water partition coefficient (Wildman–Crippen LogP) is 6.41. The molecule has 7 heteroatoms. The summed E-state index contributed by atoms with van der Waals surface area (Å²) in [5.74, 6) is 0.686. The largest absolute Gasteiger partial charge is 0.391 e. The summed E-state index contributed by atoms with van der Waals surface area (Å²) in [5.41, 5.74) is 0. The maximum absolute atomic E-state index is 13.8. The van der Waals surface area contributed by atoms with Crippen molar-refractivity contribution in [2.45, 2.75) is 94.4 Å². The van der Waals surface area contributed by atoms with E-state index in [-0.39, 0.29) is 24.1 Å². The van der Waals surface area contributed by atoms with Gasteiger partial charge in [0, 0.05) is 25.6 Å². The number of nitrogens with zero attached hydrogens (tertiary/aromatic N) is 1. The summed E-state index contributed by atoms with van der Waals surface area (Å²) >= 11 is 6.24. The molecule has 9 unspecified atom stereocenters. The maximum Gasteiger partial charge on any atom is 0.391 e. The lowest BCUT2D eigenvalue weighted by Gasteiger charge is -2.43. The van der Waals surface area contributed by atoms with E-state index in [4.69, 9.17) is 11.6 Å². The Kier molecular flexibility index (Phi) is 7.57. The fraction of sp³-hybridized carbons (Fsp3) is 0.958. The zero-order chi connectivity index (χ0) is 22.2. The molecular formula is C24H36ClF4NO. The van der Waals surface area contributed by atoms with Crippen LogP contribution in [0.25, 0.3) is 0 Å². The number of rotatable bonds is 5. The van der Waals surface area contributed by atoms with Gasteiger partial charge in [-0.2, -0.15) is 13.2 Å². The Labute approximate surface area is 188 Å². The Morgan fingerprint density at radius 2 is 1.71 bits per heavy atom. The van der Waals surface area contributed by atoms with Gasteiger partial charge >= 0.3 is 6.18 Å². The lowest BCUT2D eigenvalue weighted by Crippen LogP contribution is -2.42. The number of halogens is 5. The summed E-state index contributed by atoms with van der Waals surface area (Å²) in [6, 6.07) is 0.386. The topological polar surface area (TPSA) is 20.3 Å². The molecule has 0 radical (unpaired) electrons. The molecule has 0 aromatic carbocycles. The van der Waals surface area contributed by atoms with Crippen molar-refractivity contribution >= 4 is 17.9 Å². The molecule has 0 N–H and O–H groups in total. The lowest BCUT2D eigenvalue weighted by atomic mass is 9.66. The van der Waals surface area contributed by atoms with Crippen LogP contribution in [-0.2, 0) is 4.79 Å². The highest BCUT2D eigenvalue weighted by Crippen LogP contribution is 2.49. The van der Waals surface area contributed by atoms with Gasteiger partial charge < -0.3 is 4.79 Å². The Hall–Kier alpha value is -0.360. The highest BCUT2D eigenvalue weighted by atomic mass is 35.5. The number of fused-ring (bicyclic) bond motifs is 1. The minimum Gasteiger partial charge on any atom is -0.303 e. The first-order valence-electron chi connectivity index (χ1n) is 12.3. The van der Waals surface area contributed by atoms with Crippen molar-refractivity contribution in [1.82, 2.24) is 4.90 Å². The molecule has 3 saturated carbocycles. The minimum atomic E-state index is -4.08. The summed E-state index contributed by atoms with van der Waals surface area (Å²) < 4.78 is 53.6. The number of hydrogen-bond acceptors (Lipinski definition) is 2. The van der Waals surface area contributed by atoms with E-state index in [9.17, 15) is 22.4 Å². The van der Waals surface area contributed by atoms with Gasteiger partial charge in [-0.25, -0.2) is 4.39 Å². The summed E-state index contributed by atoms with van der Waals surface area (Å²) in [5, 5.41) is -0.379. The number of carbonyl (C=O) groups is 1. The molecule has 0 bridgehead atoms. The van der Waals surface area contributed by atoms with Crippen LogP contribution < -0.4 is 0 Å². The molecule has 1 aliphatic heterocycles. The summed E-state index contributed by atoms with van der Waals surface area (Å²) in [6.07, 6.45) is 4.02. The van der Waals surface area contributed by atoms with E-state index in [1.165, 1.54) is 0 Å². The first kappa shape index (κ1) is 23.8. The zero-order valence-corrected chi connectivity index (χ0v) is 19.0. The van der Waals surface area contributed by atoms with Crippen molar-refractivity contribution in [3.05, 3.63) is 0 Å². The van der Waals surface area contributed by atoms with Crippen molar-refractivity contribution in [2.75, 3.05) is 13.1 Å². The van der Waals surface area contributed by atoms with Crippen molar-refractivity contribution in [1.29, 1.82) is 0 Å². The Bertz CT molecular complexity index is 617. The van der Waals surface area contributed by atoms with Crippen molar-refractivity contribution in [2.24, 2.45) is 35.5 Å². The Morgan fingerprint density at radius 1 is 0.968 bits per heavy atom. The summed E-state index contributed by atoms with van der Waals surface area (Å²) in [7, 11) is 0. The van der Waals surface area contributed by atoms with Crippen LogP contribution >= 0.6 is 11.6 Å². The van der Waals surface area contributed by atoms with Crippen LogP contribution in [-0.4, -0.2) is 48.0 Å². The summed E-state index contributed by atoms with van der Waals surface area (Å²) in [4.78, 5) is 13.8. The summed E-state index contributed by atoms with van der Waals surface area (Å²) in [6.45, 7) is 1.58. The van der Waals surface area contributed by atoms with Crippen molar-refractivity contribution in [3.8, 4) is 0 Å². The molecular weight excluding hydrogens is 430 g/mol. The second-order valence-electron chi connectivity index (χ2n) is 10.8. The Morgan fingerprint density at radius 3 is 2.42 bits per heavy atom. The van der Waals surface area contributed by atoms with Crippen LogP contribution in [0.15, 0.2) is 0 Å². The van der Waals surface area contributed by atoms with Crippen LogP contribution in [0.3, 0.4) is 0 Å². The van der Waals surface area contributed by atoms with Gasteiger partial charge in [-0.3, -0.25) is 4.90 Å². The third-order valence-corrected chi connectivity index (χ3v) is 9.44. The van der Waals surface area contributed by atoms with Crippen LogP contribution in [0, 0.1) is 35.5 Å². The van der Waals surface area contributed by atoms with E-state index in [0.717, 1.165) is 57.9 Å². The van der Waals surface area contributed by atoms with E-state index >= 15 is 0 Å². The average Bonchev–Trinajstić information content (AvgIpc) is 3.06. The van der Waals surface area contributed by atoms with Crippen molar-refractivity contribution in [3.63, 3.8) is 0 Å². The molecule has 2 nitrogen and oxygen atoms in total. The highest BCUT2D eigenvalue weighted by Gasteiger charge is 2.48. The zero-order valence-electron chi connectivity index (χ0n) is 18.2. The molecule has 4 aliphatic rings. The molecule has 1 saturated heterocycles. The van der Waals surface area contributed by atoms with Gasteiger partial charge in [-0.1, -0.05) is 6.42 Å². The molecule has 1 heterocycles. The fourth-order valence-electron chi connectivity index (χ4n) is 7.39. The third kappa shape index (κ3) is 5.42. The highest BCUT2D eigenvalue weighted by molar-refractivity contribution is 6.21. The van der Waals surface area contributed by atoms with E-state index in [1.807, 2.05) is 0 Å². The van der Waals surface area contributed by atoms with Gasteiger partial charge in [-0.15, -0.1) is 11.6 Å². The number of likely N-dealkylation sites (tertiary alicyclic amines) is 1. The fourth-order valence-corrected chi connectivity index (χ4v) is 7.74. The number of alkyl halides is 5. The number of carbonyl (C=O) groups excluding carboxylic acids is 1. The lowest BCUT2D eigenvalue weighted by molar-refractivity contribution is -0.186. The van der Waals surface area contributed by atoms with E-state index < -0.39 is 18.3 Å². The molecule has 0 aromatic rings. The van der Waals surface area contributed by atoms with Crippen LogP contribution in [0.4, 0.5) is 17.6 Å². The number of aldehydes is 1. The molecule has 0 aromatic heterocycles. The SMILES string of the molecule is O=CCC1CN(CC2CCCC(C(F)(F)F)C2)C2CCC(C3CCC(F)C(Cl)C3)CC12. The molecule has 4 fully saturated rings. The first-order chi connectivity index (χ1) is 14.8. The standard InChI is InChI=1S/C24H36ClF4NO/c25-21-12-17(4-6-22(21)26)16-5-7-23-20(11-16)18(8-9-31)14-30(23)13-15-2-1-3-19(10-15)24(27,28)29/h9,15-23H,1-8,10-14H2. The molecule has 3 aliphatic carbocycles. The number of hydrogen-bond donors (Lipinski definition) is 0.